The Morgan fingerprint density at radius 2 is 1.81 bits per heavy atom. The number of hydrogen-bond donors (Lipinski definition) is 2. The van der Waals surface area contributed by atoms with E-state index in [4.69, 9.17) is 4.74 Å². The highest BCUT2D eigenvalue weighted by Crippen LogP contribution is 2.55. The minimum atomic E-state index is -0.220. The van der Waals surface area contributed by atoms with Crippen molar-refractivity contribution >= 4 is 5.78 Å². The molecule has 1 fully saturated rings. The van der Waals surface area contributed by atoms with Crippen molar-refractivity contribution in [2.24, 2.45) is 11.3 Å². The standard InChI is InChI=1S/C17H16O4/c18-12-1-3-17(4-2-12)11-5-10-6-15(19)16(20)7-13(10)14(17)9-21-8-11/h1-4,6-7,11,14,19-20H,5,8-9H2. The highest BCUT2D eigenvalue weighted by molar-refractivity contribution is 6.00. The molecular weight excluding hydrogens is 268 g/mol. The lowest BCUT2D eigenvalue weighted by atomic mass is 9.56. The number of phenols is 2. The van der Waals surface area contributed by atoms with Gasteiger partial charge in [-0.3, -0.25) is 4.79 Å². The maximum Gasteiger partial charge on any atom is 0.178 e. The Balaban J connectivity index is 1.89. The summed E-state index contributed by atoms with van der Waals surface area (Å²) in [7, 11) is 0. The predicted molar refractivity (Wildman–Crippen MR) is 76.2 cm³/mol. The summed E-state index contributed by atoms with van der Waals surface area (Å²) in [5.41, 5.74) is 1.85. The van der Waals surface area contributed by atoms with Crippen LogP contribution in [0.5, 0.6) is 11.5 Å². The topological polar surface area (TPSA) is 66.8 Å². The van der Waals surface area contributed by atoms with E-state index in [1.165, 1.54) is 0 Å². The molecule has 21 heavy (non-hydrogen) atoms. The summed E-state index contributed by atoms with van der Waals surface area (Å²) >= 11 is 0. The molecule has 108 valence electrons. The number of ketones is 1. The Morgan fingerprint density at radius 1 is 1.10 bits per heavy atom. The number of carbonyl (C=O) groups is 1. The van der Waals surface area contributed by atoms with Crippen LogP contribution >= 0.6 is 0 Å². The molecule has 2 N–H and O–H groups in total. The Bertz CT molecular complexity index is 670. The van der Waals surface area contributed by atoms with E-state index < -0.39 is 0 Å². The lowest BCUT2D eigenvalue weighted by Crippen LogP contribution is -2.48. The maximum atomic E-state index is 11.5. The molecular formula is C17H16O4. The molecule has 0 radical (unpaired) electrons. The van der Waals surface area contributed by atoms with Crippen molar-refractivity contribution in [3.05, 3.63) is 47.6 Å². The molecule has 1 aliphatic heterocycles. The third-order valence-corrected chi connectivity index (χ3v) is 5.06. The first-order valence-corrected chi connectivity index (χ1v) is 7.15. The summed E-state index contributed by atoms with van der Waals surface area (Å²) in [5, 5.41) is 19.5. The number of ether oxygens (including phenoxy) is 1. The number of aromatic hydroxyl groups is 2. The van der Waals surface area contributed by atoms with Gasteiger partial charge in [-0.2, -0.15) is 0 Å². The maximum absolute atomic E-state index is 11.5. The molecule has 1 aromatic rings. The van der Waals surface area contributed by atoms with E-state index in [9.17, 15) is 15.0 Å². The molecule has 2 aliphatic carbocycles. The molecule has 1 spiro atoms. The first kappa shape index (κ1) is 12.7. The molecule has 3 aliphatic rings. The fourth-order valence-corrected chi connectivity index (χ4v) is 3.97. The normalized spacial score (nSPS) is 28.7. The summed E-state index contributed by atoms with van der Waals surface area (Å²) in [4.78, 5) is 11.5. The smallest absolute Gasteiger partial charge is 0.178 e. The molecule has 4 heteroatoms. The van der Waals surface area contributed by atoms with Gasteiger partial charge in [0, 0.05) is 11.3 Å². The Kier molecular flexibility index (Phi) is 2.54. The van der Waals surface area contributed by atoms with Crippen LogP contribution in [0.4, 0.5) is 0 Å². The lowest BCUT2D eigenvalue weighted by molar-refractivity contribution is -0.111. The number of fused-ring (bicyclic) bond motifs is 2. The zero-order chi connectivity index (χ0) is 14.6. The van der Waals surface area contributed by atoms with Crippen LogP contribution in [0.2, 0.25) is 0 Å². The van der Waals surface area contributed by atoms with Gasteiger partial charge in [0.15, 0.2) is 17.3 Å². The van der Waals surface area contributed by atoms with Crippen molar-refractivity contribution in [2.75, 3.05) is 13.2 Å². The van der Waals surface area contributed by atoms with Gasteiger partial charge in [-0.15, -0.1) is 0 Å². The van der Waals surface area contributed by atoms with E-state index in [1.54, 1.807) is 24.3 Å². The SMILES string of the molecule is O=C1C=CC2(C=C1)C1COCC2c2cc(O)c(O)cc2C1. The third kappa shape index (κ3) is 1.69. The third-order valence-electron chi connectivity index (χ3n) is 5.06. The van der Waals surface area contributed by atoms with Crippen LogP contribution in [0.15, 0.2) is 36.4 Å². The van der Waals surface area contributed by atoms with Crippen molar-refractivity contribution in [3.8, 4) is 11.5 Å². The monoisotopic (exact) mass is 284 g/mol. The second-order valence-electron chi connectivity index (χ2n) is 6.10. The fourth-order valence-electron chi connectivity index (χ4n) is 3.97. The first-order valence-electron chi connectivity index (χ1n) is 7.15. The molecule has 4 rings (SSSR count). The molecule has 1 aromatic carbocycles. The first-order chi connectivity index (χ1) is 10.1. The number of allylic oxidation sites excluding steroid dienone is 4. The second-order valence-corrected chi connectivity index (χ2v) is 6.10. The highest BCUT2D eigenvalue weighted by Gasteiger charge is 2.50. The van der Waals surface area contributed by atoms with E-state index in [1.807, 2.05) is 12.2 Å². The van der Waals surface area contributed by atoms with E-state index >= 15 is 0 Å². The molecule has 2 bridgehead atoms. The van der Waals surface area contributed by atoms with Crippen LogP contribution in [0.3, 0.4) is 0 Å². The zero-order valence-electron chi connectivity index (χ0n) is 11.5. The van der Waals surface area contributed by atoms with Crippen LogP contribution < -0.4 is 0 Å². The molecule has 0 saturated carbocycles. The van der Waals surface area contributed by atoms with Crippen LogP contribution in [0.25, 0.3) is 0 Å². The molecule has 1 saturated heterocycles. The largest absolute Gasteiger partial charge is 0.504 e. The lowest BCUT2D eigenvalue weighted by Gasteiger charge is -2.51. The van der Waals surface area contributed by atoms with E-state index in [2.05, 4.69) is 0 Å². The van der Waals surface area contributed by atoms with Gasteiger partial charge in [-0.05, 0) is 47.8 Å². The summed E-state index contributed by atoms with van der Waals surface area (Å²) < 4.78 is 5.72. The Hall–Kier alpha value is -2.07. The van der Waals surface area contributed by atoms with Gasteiger partial charge < -0.3 is 14.9 Å². The average molecular weight is 284 g/mol. The van der Waals surface area contributed by atoms with Gasteiger partial charge >= 0.3 is 0 Å². The fraction of sp³-hybridized carbons (Fsp3) is 0.353. The highest BCUT2D eigenvalue weighted by atomic mass is 16.5. The van der Waals surface area contributed by atoms with Gasteiger partial charge in [-0.1, -0.05) is 12.2 Å². The summed E-state index contributed by atoms with van der Waals surface area (Å²) in [6, 6.07) is 3.30. The Morgan fingerprint density at radius 3 is 2.57 bits per heavy atom. The molecule has 0 aromatic heterocycles. The average Bonchev–Trinajstić information content (AvgIpc) is 2.46. The molecule has 1 heterocycles. The van der Waals surface area contributed by atoms with Crippen molar-refractivity contribution in [1.82, 2.24) is 0 Å². The van der Waals surface area contributed by atoms with Crippen LogP contribution in [0, 0.1) is 11.3 Å². The van der Waals surface area contributed by atoms with Gasteiger partial charge in [0.05, 0.1) is 13.2 Å². The number of carbonyl (C=O) groups excluding carboxylic acids is 1. The van der Waals surface area contributed by atoms with Crippen LogP contribution in [0.1, 0.15) is 17.0 Å². The van der Waals surface area contributed by atoms with E-state index in [-0.39, 0.29) is 34.5 Å². The zero-order valence-corrected chi connectivity index (χ0v) is 11.5. The summed E-state index contributed by atoms with van der Waals surface area (Å²) in [6.45, 7) is 1.19. The number of benzene rings is 1. The van der Waals surface area contributed by atoms with Crippen molar-refractivity contribution in [3.63, 3.8) is 0 Å². The van der Waals surface area contributed by atoms with Gasteiger partial charge in [0.2, 0.25) is 0 Å². The van der Waals surface area contributed by atoms with Crippen LogP contribution in [-0.2, 0) is 16.0 Å². The molecule has 2 atom stereocenters. The number of phenolic OH excluding ortho intramolecular Hbond substituents is 2. The van der Waals surface area contributed by atoms with Gasteiger partial charge in [0.1, 0.15) is 0 Å². The van der Waals surface area contributed by atoms with Gasteiger partial charge in [0.25, 0.3) is 0 Å². The van der Waals surface area contributed by atoms with Crippen molar-refractivity contribution < 1.29 is 19.7 Å². The van der Waals surface area contributed by atoms with Crippen molar-refractivity contribution in [1.29, 1.82) is 0 Å². The summed E-state index contributed by atoms with van der Waals surface area (Å²) in [6.07, 6.45) is 8.04. The molecule has 2 unspecified atom stereocenters. The molecule has 4 nitrogen and oxygen atoms in total. The summed E-state index contributed by atoms with van der Waals surface area (Å²) in [5.74, 6) is 0.140. The quantitative estimate of drug-likeness (QED) is 0.716. The van der Waals surface area contributed by atoms with E-state index in [0.29, 0.717) is 13.2 Å². The van der Waals surface area contributed by atoms with E-state index in [0.717, 1.165) is 17.5 Å². The van der Waals surface area contributed by atoms with Crippen molar-refractivity contribution in [2.45, 2.75) is 12.3 Å². The predicted octanol–water partition coefficient (Wildman–Crippen LogP) is 2.07. The number of rotatable bonds is 0. The minimum absolute atomic E-state index is 0.0129. The van der Waals surface area contributed by atoms with Gasteiger partial charge in [-0.25, -0.2) is 0 Å². The minimum Gasteiger partial charge on any atom is -0.504 e. The molecule has 0 amide bonds. The second kappa shape index (κ2) is 4.21. The van der Waals surface area contributed by atoms with Crippen LogP contribution in [-0.4, -0.2) is 29.2 Å². The Labute approximate surface area is 122 Å². The number of hydrogen-bond acceptors (Lipinski definition) is 4.